The van der Waals surface area contributed by atoms with Crippen LogP contribution in [0.4, 0.5) is 10.5 Å². The van der Waals surface area contributed by atoms with Crippen molar-refractivity contribution < 1.29 is 14.7 Å². The molecule has 0 aliphatic carbocycles. The maximum Gasteiger partial charge on any atom is 0.336 e. The summed E-state index contributed by atoms with van der Waals surface area (Å²) in [7, 11) is 0. The highest BCUT2D eigenvalue weighted by molar-refractivity contribution is 5.96. The Morgan fingerprint density at radius 1 is 0.787 bits per heavy atom. The third-order valence-corrected chi connectivity index (χ3v) is 8.66. The van der Waals surface area contributed by atoms with Crippen molar-refractivity contribution in [3.63, 3.8) is 0 Å². The van der Waals surface area contributed by atoms with Gasteiger partial charge in [0.15, 0.2) is 0 Å². The minimum atomic E-state index is -0.936. The summed E-state index contributed by atoms with van der Waals surface area (Å²) in [5.41, 5.74) is 6.90. The fraction of sp³-hybridized carbons (Fsp3) is 0.325. The van der Waals surface area contributed by atoms with Gasteiger partial charge in [-0.2, -0.15) is 0 Å². The number of rotatable bonds is 16. The largest absolute Gasteiger partial charge is 0.478 e. The summed E-state index contributed by atoms with van der Waals surface area (Å²) in [5.74, 6) is 0.0874. The van der Waals surface area contributed by atoms with E-state index in [4.69, 9.17) is 4.98 Å². The monoisotopic (exact) mass is 630 g/mol. The fourth-order valence-electron chi connectivity index (χ4n) is 6.00. The van der Waals surface area contributed by atoms with Gasteiger partial charge in [-0.25, -0.2) is 14.6 Å². The molecule has 7 nitrogen and oxygen atoms in total. The predicted octanol–water partition coefficient (Wildman–Crippen LogP) is 9.13. The van der Waals surface area contributed by atoms with E-state index < -0.39 is 5.97 Å². The van der Waals surface area contributed by atoms with E-state index in [9.17, 15) is 14.7 Å². The number of hydrogen-bond acceptors (Lipinski definition) is 3. The smallest absolute Gasteiger partial charge is 0.336 e. The number of fused-ring (bicyclic) bond motifs is 1. The summed E-state index contributed by atoms with van der Waals surface area (Å²) < 4.78 is 2.27. The van der Waals surface area contributed by atoms with Gasteiger partial charge in [0.05, 0.1) is 16.6 Å². The molecule has 0 saturated carbocycles. The van der Waals surface area contributed by atoms with Crippen molar-refractivity contribution in [3.8, 4) is 11.1 Å². The van der Waals surface area contributed by atoms with Gasteiger partial charge < -0.3 is 15.0 Å². The molecule has 2 amide bonds. The zero-order valence-corrected chi connectivity index (χ0v) is 27.6. The molecule has 0 spiro atoms. The van der Waals surface area contributed by atoms with E-state index in [0.29, 0.717) is 25.2 Å². The highest BCUT2D eigenvalue weighted by atomic mass is 16.4. The summed E-state index contributed by atoms with van der Waals surface area (Å²) in [5, 5.41) is 12.8. The first kappa shape index (κ1) is 33.5. The van der Waals surface area contributed by atoms with E-state index in [1.165, 1.54) is 12.0 Å². The predicted molar refractivity (Wildman–Crippen MR) is 191 cm³/mol. The molecule has 5 rings (SSSR count). The van der Waals surface area contributed by atoms with Crippen molar-refractivity contribution in [2.24, 2.45) is 0 Å². The molecule has 0 saturated heterocycles. The zero-order valence-electron chi connectivity index (χ0n) is 27.6. The molecule has 7 heteroatoms. The Labute approximate surface area is 278 Å². The summed E-state index contributed by atoms with van der Waals surface area (Å²) in [6.45, 7) is 6.22. The van der Waals surface area contributed by atoms with Crippen LogP contribution in [0, 0.1) is 0 Å². The number of urea groups is 1. The minimum absolute atomic E-state index is 0.0775. The van der Waals surface area contributed by atoms with Gasteiger partial charge in [0.1, 0.15) is 5.82 Å². The van der Waals surface area contributed by atoms with Gasteiger partial charge >= 0.3 is 12.0 Å². The minimum Gasteiger partial charge on any atom is -0.478 e. The summed E-state index contributed by atoms with van der Waals surface area (Å²) in [6, 6.07) is 31.6. The Hall–Kier alpha value is -4.91. The average Bonchev–Trinajstić information content (AvgIpc) is 3.44. The number of hydrogen-bond donors (Lipinski definition) is 2. The van der Waals surface area contributed by atoms with Gasteiger partial charge in [-0.15, -0.1) is 0 Å². The average molecular weight is 631 g/mol. The molecule has 2 N–H and O–H groups in total. The number of imidazole rings is 1. The normalized spacial score (nSPS) is 11.1. The number of carboxylic acids is 1. The standard InChI is InChI=1S/C40H46N4O3/c1-3-5-7-13-26-41-40(47)43(27-25-30-14-9-8-10-15-30)33-23-24-36-37(28-33)44(38(42-36)18-6-4-2)29-31-19-21-32(22-20-31)34-16-11-12-17-35(34)39(45)46/h8-12,14-17,19-24,28H,3-7,13,18,25-27,29H2,1-2H3,(H,41,47)(H,45,46). The molecule has 5 aromatic rings. The first-order valence-corrected chi connectivity index (χ1v) is 17.0. The first-order chi connectivity index (χ1) is 23.0. The molecule has 0 fully saturated rings. The van der Waals surface area contributed by atoms with E-state index in [0.717, 1.165) is 78.6 Å². The number of carbonyl (C=O) groups is 2. The molecule has 1 aromatic heterocycles. The Morgan fingerprint density at radius 3 is 2.28 bits per heavy atom. The summed E-state index contributed by atoms with van der Waals surface area (Å²) in [4.78, 5) is 32.3. The van der Waals surface area contributed by atoms with Crippen molar-refractivity contribution >= 4 is 28.7 Å². The van der Waals surface area contributed by atoms with Crippen molar-refractivity contribution in [1.82, 2.24) is 14.9 Å². The van der Waals surface area contributed by atoms with Crippen LogP contribution in [-0.2, 0) is 19.4 Å². The van der Waals surface area contributed by atoms with Gasteiger partial charge in [-0.1, -0.05) is 112 Å². The highest BCUT2D eigenvalue weighted by Gasteiger charge is 2.19. The van der Waals surface area contributed by atoms with Crippen LogP contribution in [0.25, 0.3) is 22.2 Å². The van der Waals surface area contributed by atoms with Crippen LogP contribution in [0.3, 0.4) is 0 Å². The molecule has 0 radical (unpaired) electrons. The van der Waals surface area contributed by atoms with E-state index in [-0.39, 0.29) is 11.6 Å². The third-order valence-electron chi connectivity index (χ3n) is 8.66. The Balaban J connectivity index is 1.45. The van der Waals surface area contributed by atoms with Gasteiger partial charge in [0, 0.05) is 31.7 Å². The number of aromatic carboxylic acids is 1. The van der Waals surface area contributed by atoms with Crippen LogP contribution >= 0.6 is 0 Å². The van der Waals surface area contributed by atoms with Crippen LogP contribution in [0.1, 0.15) is 79.7 Å². The van der Waals surface area contributed by atoms with Crippen LogP contribution < -0.4 is 10.2 Å². The van der Waals surface area contributed by atoms with Crippen LogP contribution in [-0.4, -0.2) is 39.7 Å². The van der Waals surface area contributed by atoms with E-state index >= 15 is 0 Å². The number of carbonyl (C=O) groups excluding carboxylic acids is 1. The number of amides is 2. The molecular formula is C40H46N4O3. The molecule has 0 aliphatic heterocycles. The second-order valence-corrected chi connectivity index (χ2v) is 12.1. The maximum absolute atomic E-state index is 13.6. The van der Waals surface area contributed by atoms with Crippen LogP contribution in [0.5, 0.6) is 0 Å². The van der Waals surface area contributed by atoms with E-state index in [1.54, 1.807) is 12.1 Å². The van der Waals surface area contributed by atoms with Gasteiger partial charge in [-0.3, -0.25) is 4.90 Å². The molecule has 244 valence electrons. The number of aromatic nitrogens is 2. The second-order valence-electron chi connectivity index (χ2n) is 12.1. The fourth-order valence-corrected chi connectivity index (χ4v) is 6.00. The van der Waals surface area contributed by atoms with Gasteiger partial charge in [0.25, 0.3) is 0 Å². The number of nitrogens with one attached hydrogen (secondary N) is 1. The van der Waals surface area contributed by atoms with Gasteiger partial charge in [-0.05, 0) is 65.8 Å². The second kappa shape index (κ2) is 16.6. The lowest BCUT2D eigenvalue weighted by Gasteiger charge is -2.24. The number of aryl methyl sites for hydroxylation is 1. The number of anilines is 1. The lowest BCUT2D eigenvalue weighted by atomic mass is 9.99. The number of carboxylic acid groups (broad SMARTS) is 1. The number of unbranched alkanes of at least 4 members (excludes halogenated alkanes) is 4. The van der Waals surface area contributed by atoms with E-state index in [2.05, 4.69) is 54.1 Å². The van der Waals surface area contributed by atoms with E-state index in [1.807, 2.05) is 59.5 Å². The number of nitrogens with zero attached hydrogens (tertiary/aromatic N) is 3. The Bertz CT molecular complexity index is 1760. The van der Waals surface area contributed by atoms with Crippen molar-refractivity contribution in [3.05, 3.63) is 120 Å². The highest BCUT2D eigenvalue weighted by Crippen LogP contribution is 2.28. The van der Waals surface area contributed by atoms with Crippen LogP contribution in [0.15, 0.2) is 97.1 Å². The Kier molecular flexibility index (Phi) is 11.8. The first-order valence-electron chi connectivity index (χ1n) is 17.0. The lowest BCUT2D eigenvalue weighted by molar-refractivity contribution is 0.0697. The van der Waals surface area contributed by atoms with Crippen molar-refractivity contribution in [1.29, 1.82) is 0 Å². The summed E-state index contributed by atoms with van der Waals surface area (Å²) in [6.07, 6.45) is 8.13. The molecule has 0 atom stereocenters. The molecule has 0 bridgehead atoms. The van der Waals surface area contributed by atoms with Crippen LogP contribution in [0.2, 0.25) is 0 Å². The van der Waals surface area contributed by atoms with Crippen molar-refractivity contribution in [2.75, 3.05) is 18.0 Å². The lowest BCUT2D eigenvalue weighted by Crippen LogP contribution is -2.41. The molecule has 0 aliphatic rings. The summed E-state index contributed by atoms with van der Waals surface area (Å²) >= 11 is 0. The topological polar surface area (TPSA) is 87.5 Å². The molecule has 47 heavy (non-hydrogen) atoms. The molecule has 0 unspecified atom stereocenters. The molecular weight excluding hydrogens is 584 g/mol. The third kappa shape index (κ3) is 8.67. The van der Waals surface area contributed by atoms with Crippen molar-refractivity contribution in [2.45, 2.75) is 71.8 Å². The zero-order chi connectivity index (χ0) is 33.0. The van der Waals surface area contributed by atoms with Gasteiger partial charge in [0.2, 0.25) is 0 Å². The SMILES string of the molecule is CCCCCCNC(=O)N(CCc1ccccc1)c1ccc2nc(CCCC)n(Cc3ccc(-c4ccccc4C(=O)O)cc3)c2c1. The quantitative estimate of drug-likeness (QED) is 0.106. The Morgan fingerprint density at radius 2 is 1.53 bits per heavy atom. The number of benzene rings is 4. The molecule has 1 heterocycles. The molecule has 4 aromatic carbocycles. The maximum atomic E-state index is 13.6.